The van der Waals surface area contributed by atoms with Crippen LogP contribution in [0.2, 0.25) is 10.0 Å². The predicted molar refractivity (Wildman–Crippen MR) is 62.5 cm³/mol. The molecule has 0 aliphatic carbocycles. The second kappa shape index (κ2) is 5.32. The molecule has 0 aliphatic heterocycles. The van der Waals surface area contributed by atoms with Crippen molar-refractivity contribution in [2.45, 2.75) is 0 Å². The molecule has 0 saturated carbocycles. The van der Waals surface area contributed by atoms with Gasteiger partial charge >= 0.3 is 11.9 Å². The second-order valence-corrected chi connectivity index (χ2v) is 3.81. The Morgan fingerprint density at radius 1 is 0.889 bits per heavy atom. The molecule has 98 valence electrons. The molecule has 8 heteroatoms. The predicted octanol–water partition coefficient (Wildman–Crippen LogP) is 1.98. The second-order valence-electron chi connectivity index (χ2n) is 3.06. The Bertz CT molecular complexity index is 450. The molecule has 0 bridgehead atoms. The molecule has 0 unspecified atom stereocenters. The summed E-state index contributed by atoms with van der Waals surface area (Å²) in [5.74, 6) is -3.83. The zero-order valence-corrected chi connectivity index (χ0v) is 10.8. The van der Waals surface area contributed by atoms with Crippen molar-refractivity contribution in [2.24, 2.45) is 0 Å². The Balaban J connectivity index is 3.66. The van der Waals surface area contributed by atoms with Crippen LogP contribution in [-0.2, 0) is 9.47 Å². The van der Waals surface area contributed by atoms with Crippen LogP contribution in [0, 0.1) is 0 Å². The van der Waals surface area contributed by atoms with Crippen LogP contribution in [0.15, 0.2) is 0 Å². The minimum absolute atomic E-state index is 0.417. The van der Waals surface area contributed by atoms with Gasteiger partial charge in [-0.2, -0.15) is 0 Å². The monoisotopic (exact) mass is 294 g/mol. The van der Waals surface area contributed by atoms with Crippen molar-refractivity contribution >= 4 is 35.1 Å². The minimum Gasteiger partial charge on any atom is -0.504 e. The first-order chi connectivity index (χ1) is 8.36. The topological polar surface area (TPSA) is 93.1 Å². The summed E-state index contributed by atoms with van der Waals surface area (Å²) in [5.41, 5.74) is -1.07. The van der Waals surface area contributed by atoms with Crippen LogP contribution >= 0.6 is 23.2 Å². The van der Waals surface area contributed by atoms with Crippen LogP contribution in [0.25, 0.3) is 0 Å². The van der Waals surface area contributed by atoms with Gasteiger partial charge in [0.1, 0.15) is 11.1 Å². The number of halogens is 2. The van der Waals surface area contributed by atoms with Crippen LogP contribution in [0.5, 0.6) is 11.5 Å². The highest BCUT2D eigenvalue weighted by molar-refractivity contribution is 6.46. The molecule has 0 amide bonds. The van der Waals surface area contributed by atoms with Crippen LogP contribution in [0.4, 0.5) is 0 Å². The molecule has 18 heavy (non-hydrogen) atoms. The van der Waals surface area contributed by atoms with Crippen LogP contribution in [0.1, 0.15) is 20.7 Å². The number of methoxy groups -OCH3 is 2. The SMILES string of the molecule is COC(=O)c1c(O)c(O)c(C(=O)OC)c(Cl)c1Cl. The minimum atomic E-state index is -1.01. The lowest BCUT2D eigenvalue weighted by atomic mass is 10.1. The summed E-state index contributed by atoms with van der Waals surface area (Å²) in [5, 5.41) is 18.4. The van der Waals surface area contributed by atoms with Crippen molar-refractivity contribution in [1.29, 1.82) is 0 Å². The van der Waals surface area contributed by atoms with Gasteiger partial charge in [0.2, 0.25) is 0 Å². The molecule has 0 spiro atoms. The zero-order chi connectivity index (χ0) is 14.0. The van der Waals surface area contributed by atoms with E-state index in [0.29, 0.717) is 0 Å². The first kappa shape index (κ1) is 14.4. The standard InChI is InChI=1S/C10H8Cl2O6/c1-17-9(15)3-5(11)6(12)4(10(16)18-2)8(14)7(3)13/h13-14H,1-2H3. The lowest BCUT2D eigenvalue weighted by Crippen LogP contribution is -2.08. The molecule has 0 radical (unpaired) electrons. The number of hydrogen-bond donors (Lipinski definition) is 2. The van der Waals surface area contributed by atoms with Crippen molar-refractivity contribution < 1.29 is 29.3 Å². The number of benzene rings is 1. The first-order valence-electron chi connectivity index (χ1n) is 4.46. The van der Waals surface area contributed by atoms with E-state index in [9.17, 15) is 19.8 Å². The van der Waals surface area contributed by atoms with E-state index < -0.39 is 44.6 Å². The maximum atomic E-state index is 11.4. The number of hydrogen-bond acceptors (Lipinski definition) is 6. The van der Waals surface area contributed by atoms with Crippen molar-refractivity contribution in [3.63, 3.8) is 0 Å². The average Bonchev–Trinajstić information content (AvgIpc) is 2.36. The fourth-order valence-corrected chi connectivity index (χ4v) is 1.76. The third-order valence-corrected chi connectivity index (χ3v) is 2.96. The molecular formula is C10H8Cl2O6. The number of aromatic hydroxyl groups is 2. The molecule has 0 aliphatic rings. The lowest BCUT2D eigenvalue weighted by Gasteiger charge is -2.12. The molecular weight excluding hydrogens is 287 g/mol. The van der Waals surface area contributed by atoms with Crippen LogP contribution in [-0.4, -0.2) is 36.4 Å². The summed E-state index contributed by atoms with van der Waals surface area (Å²) >= 11 is 11.5. The Morgan fingerprint density at radius 3 is 1.39 bits per heavy atom. The third kappa shape index (κ3) is 2.16. The maximum Gasteiger partial charge on any atom is 0.343 e. The highest BCUT2D eigenvalue weighted by atomic mass is 35.5. The summed E-state index contributed by atoms with van der Waals surface area (Å²) in [7, 11) is 2.11. The van der Waals surface area contributed by atoms with Gasteiger partial charge in [-0.15, -0.1) is 0 Å². The fraction of sp³-hybridized carbons (Fsp3) is 0.200. The average molecular weight is 295 g/mol. The molecule has 0 atom stereocenters. The van der Waals surface area contributed by atoms with Gasteiger partial charge in [-0.05, 0) is 0 Å². The Morgan fingerprint density at radius 2 is 1.17 bits per heavy atom. The third-order valence-electron chi connectivity index (χ3n) is 2.11. The summed E-state index contributed by atoms with van der Waals surface area (Å²) in [4.78, 5) is 22.7. The van der Waals surface area contributed by atoms with Gasteiger partial charge in [-0.3, -0.25) is 0 Å². The largest absolute Gasteiger partial charge is 0.504 e. The van der Waals surface area contributed by atoms with Gasteiger partial charge in [0.25, 0.3) is 0 Å². The van der Waals surface area contributed by atoms with E-state index in [2.05, 4.69) is 9.47 Å². The first-order valence-corrected chi connectivity index (χ1v) is 5.21. The number of phenols is 2. The molecule has 0 heterocycles. The Labute approximate surface area is 112 Å². The van der Waals surface area contributed by atoms with E-state index >= 15 is 0 Å². The summed E-state index contributed by atoms with van der Waals surface area (Å²) in [6.45, 7) is 0. The van der Waals surface area contributed by atoms with Crippen molar-refractivity contribution in [1.82, 2.24) is 0 Å². The summed E-state index contributed by atoms with van der Waals surface area (Å²) in [6.07, 6.45) is 0. The number of esters is 2. The van der Waals surface area contributed by atoms with Crippen LogP contribution < -0.4 is 0 Å². The highest BCUT2D eigenvalue weighted by Gasteiger charge is 2.30. The molecule has 2 N–H and O–H groups in total. The van der Waals surface area contributed by atoms with Crippen molar-refractivity contribution in [3.05, 3.63) is 21.2 Å². The molecule has 1 aromatic carbocycles. The highest BCUT2D eigenvalue weighted by Crippen LogP contribution is 2.44. The molecule has 6 nitrogen and oxygen atoms in total. The number of ether oxygens (including phenoxy) is 2. The van der Waals surface area contributed by atoms with Gasteiger partial charge in [-0.25, -0.2) is 9.59 Å². The Kier molecular flexibility index (Phi) is 4.26. The van der Waals surface area contributed by atoms with E-state index in [1.807, 2.05) is 0 Å². The number of carbonyl (C=O) groups excluding carboxylic acids is 2. The molecule has 0 aromatic heterocycles. The van der Waals surface area contributed by atoms with Crippen LogP contribution in [0.3, 0.4) is 0 Å². The van der Waals surface area contributed by atoms with Crippen molar-refractivity contribution in [2.75, 3.05) is 14.2 Å². The van der Waals surface area contributed by atoms with E-state index in [0.717, 1.165) is 14.2 Å². The van der Waals surface area contributed by atoms with E-state index in [1.54, 1.807) is 0 Å². The molecule has 1 aromatic rings. The lowest BCUT2D eigenvalue weighted by molar-refractivity contribution is 0.0580. The quantitative estimate of drug-likeness (QED) is 0.640. The maximum absolute atomic E-state index is 11.4. The summed E-state index contributed by atoms with van der Waals surface area (Å²) in [6, 6.07) is 0. The van der Waals surface area contributed by atoms with E-state index in [4.69, 9.17) is 23.2 Å². The van der Waals surface area contributed by atoms with E-state index in [1.165, 1.54) is 0 Å². The van der Waals surface area contributed by atoms with Gasteiger partial charge in [0.05, 0.1) is 24.3 Å². The van der Waals surface area contributed by atoms with Gasteiger partial charge in [-0.1, -0.05) is 23.2 Å². The van der Waals surface area contributed by atoms with E-state index in [-0.39, 0.29) is 0 Å². The molecule has 0 saturated heterocycles. The smallest absolute Gasteiger partial charge is 0.343 e. The van der Waals surface area contributed by atoms with Crippen molar-refractivity contribution in [3.8, 4) is 11.5 Å². The van der Waals surface area contributed by atoms with Gasteiger partial charge < -0.3 is 19.7 Å². The van der Waals surface area contributed by atoms with Gasteiger partial charge in [0, 0.05) is 0 Å². The number of rotatable bonds is 2. The normalized spacial score (nSPS) is 10.0. The molecule has 1 rings (SSSR count). The van der Waals surface area contributed by atoms with Gasteiger partial charge in [0.15, 0.2) is 11.5 Å². The Hall–Kier alpha value is -1.66. The summed E-state index contributed by atoms with van der Waals surface area (Å²) < 4.78 is 8.73. The number of phenolic OH excluding ortho intramolecular Hbond substituents is 2. The zero-order valence-electron chi connectivity index (χ0n) is 9.28. The fourth-order valence-electron chi connectivity index (χ4n) is 1.24. The number of carbonyl (C=O) groups is 2. The molecule has 0 fully saturated rings.